The summed E-state index contributed by atoms with van der Waals surface area (Å²) < 4.78 is 5.59. The van der Waals surface area contributed by atoms with E-state index in [-0.39, 0.29) is 17.9 Å². The molecule has 4 rings (SSSR count). The molecule has 0 saturated carbocycles. The van der Waals surface area contributed by atoms with E-state index >= 15 is 0 Å². The summed E-state index contributed by atoms with van der Waals surface area (Å²) >= 11 is 0. The molecule has 3 heterocycles. The molecule has 3 aliphatic heterocycles. The van der Waals surface area contributed by atoms with Gasteiger partial charge < -0.3 is 14.4 Å². The minimum absolute atomic E-state index is 0.0647. The van der Waals surface area contributed by atoms with Crippen LogP contribution in [0.2, 0.25) is 0 Å². The Balaban J connectivity index is 0.000000308. The molecule has 0 radical (unpaired) electrons. The second-order valence-electron chi connectivity index (χ2n) is 10.4. The molecule has 7 heteroatoms. The molecule has 0 N–H and O–H groups in total. The molecule has 0 spiro atoms. The fourth-order valence-corrected chi connectivity index (χ4v) is 5.42. The van der Waals surface area contributed by atoms with Crippen molar-refractivity contribution in [2.45, 2.75) is 83.6 Å². The Morgan fingerprint density at radius 2 is 1.75 bits per heavy atom. The number of hydrogen-bond donors (Lipinski definition) is 0. The van der Waals surface area contributed by atoms with Crippen LogP contribution in [0.4, 0.5) is 0 Å². The summed E-state index contributed by atoms with van der Waals surface area (Å²) in [6.07, 6.45) is 9.57. The van der Waals surface area contributed by atoms with Crippen LogP contribution in [0.15, 0.2) is 18.2 Å². The van der Waals surface area contributed by atoms with Crippen molar-refractivity contribution in [1.82, 2.24) is 14.7 Å². The Morgan fingerprint density at radius 3 is 2.39 bits per heavy atom. The van der Waals surface area contributed by atoms with Gasteiger partial charge in [0.05, 0.1) is 13.2 Å². The second-order valence-corrected chi connectivity index (χ2v) is 10.4. The number of imide groups is 1. The molecule has 2 saturated heterocycles. The maximum Gasteiger partial charge on any atom is 0.229 e. The molecule has 2 atom stereocenters. The third-order valence-electron chi connectivity index (χ3n) is 7.65. The number of likely N-dealkylation sites (tertiary alicyclic amines) is 2. The normalized spacial score (nSPS) is 21.5. The number of unbranched alkanes of at least 4 members (excludes halogenated alkanes) is 2. The number of fused-ring (bicyclic) bond motifs is 1. The highest BCUT2D eigenvalue weighted by Gasteiger charge is 2.35. The Morgan fingerprint density at radius 1 is 1.06 bits per heavy atom. The lowest BCUT2D eigenvalue weighted by Crippen LogP contribution is -2.37. The van der Waals surface area contributed by atoms with Gasteiger partial charge in [0.1, 0.15) is 12.0 Å². The predicted octanol–water partition coefficient (Wildman–Crippen LogP) is 4.04. The Kier molecular flexibility index (Phi) is 11.4. The number of carbonyl (C=O) groups is 3. The number of aldehydes is 1. The molecule has 0 aromatic heterocycles. The van der Waals surface area contributed by atoms with Gasteiger partial charge in [0.2, 0.25) is 11.8 Å². The Hall–Kier alpha value is -2.25. The highest BCUT2D eigenvalue weighted by Crippen LogP contribution is 2.36. The molecule has 3 aliphatic rings. The molecule has 2 unspecified atom stereocenters. The summed E-state index contributed by atoms with van der Waals surface area (Å²) in [5, 5.41) is 0. The number of benzene rings is 1. The number of carbonyl (C=O) groups excluding carboxylic acids is 3. The lowest BCUT2D eigenvalue weighted by molar-refractivity contribution is -0.138. The third kappa shape index (κ3) is 7.87. The Bertz CT molecular complexity index is 850. The van der Waals surface area contributed by atoms with E-state index in [1.807, 2.05) is 0 Å². The average Bonchev–Trinajstić information content (AvgIpc) is 3.59. The van der Waals surface area contributed by atoms with Crippen molar-refractivity contribution in [2.75, 3.05) is 46.4 Å². The minimum atomic E-state index is -0.0647. The number of amides is 2. The summed E-state index contributed by atoms with van der Waals surface area (Å²) in [6.45, 7) is 9.49. The number of hydrogen-bond acceptors (Lipinski definition) is 6. The molecule has 2 fully saturated rings. The number of rotatable bonds is 12. The van der Waals surface area contributed by atoms with Gasteiger partial charge in [0, 0.05) is 38.4 Å². The molecule has 1 aromatic carbocycles. The minimum Gasteiger partial charge on any atom is -0.493 e. The molecule has 0 bridgehead atoms. The maximum atomic E-state index is 11.8. The fourth-order valence-electron chi connectivity index (χ4n) is 5.42. The summed E-state index contributed by atoms with van der Waals surface area (Å²) in [4.78, 5) is 40.7. The SMILES string of the molecule is CCCCN(C)CCCC.O=CCN1CC(c2ccc3c(c2)CCO3)CC1CCN1C(=O)CCC1=O. The van der Waals surface area contributed by atoms with Gasteiger partial charge in [0.15, 0.2) is 0 Å². The molecule has 1 aromatic rings. The highest BCUT2D eigenvalue weighted by atomic mass is 16.5. The van der Waals surface area contributed by atoms with Crippen molar-refractivity contribution in [2.24, 2.45) is 0 Å². The summed E-state index contributed by atoms with van der Waals surface area (Å²) in [5.41, 5.74) is 2.56. The van der Waals surface area contributed by atoms with Crippen molar-refractivity contribution in [3.63, 3.8) is 0 Å². The van der Waals surface area contributed by atoms with Gasteiger partial charge in [-0.05, 0) is 68.9 Å². The molecular formula is C29H45N3O4. The van der Waals surface area contributed by atoms with Crippen LogP contribution in [0.25, 0.3) is 0 Å². The zero-order chi connectivity index (χ0) is 25.9. The smallest absolute Gasteiger partial charge is 0.229 e. The lowest BCUT2D eigenvalue weighted by Gasteiger charge is -2.23. The van der Waals surface area contributed by atoms with E-state index in [1.165, 1.54) is 54.8 Å². The number of nitrogens with zero attached hydrogens (tertiary/aromatic N) is 3. The first-order valence-electron chi connectivity index (χ1n) is 13.9. The standard InChI is InChI=1S/C20H24N2O4.C9H21N/c23-9-8-21-13-16(14-1-2-18-15(11-14)6-10-26-18)12-17(21)5-7-22-19(24)3-4-20(22)25;1-4-6-8-10(3)9-7-5-2/h1-2,9,11,16-17H,3-8,10,12-13H2;4-9H2,1-3H3. The predicted molar refractivity (Wildman–Crippen MR) is 142 cm³/mol. The Labute approximate surface area is 217 Å². The molecule has 200 valence electrons. The maximum absolute atomic E-state index is 11.8. The van der Waals surface area contributed by atoms with Crippen LogP contribution in [-0.2, 0) is 20.8 Å². The van der Waals surface area contributed by atoms with E-state index < -0.39 is 0 Å². The van der Waals surface area contributed by atoms with Gasteiger partial charge >= 0.3 is 0 Å². The van der Waals surface area contributed by atoms with Crippen molar-refractivity contribution < 1.29 is 19.1 Å². The van der Waals surface area contributed by atoms with E-state index in [0.29, 0.717) is 31.8 Å². The molecule has 7 nitrogen and oxygen atoms in total. The zero-order valence-corrected chi connectivity index (χ0v) is 22.5. The highest BCUT2D eigenvalue weighted by molar-refractivity contribution is 6.01. The van der Waals surface area contributed by atoms with E-state index in [0.717, 1.165) is 44.4 Å². The van der Waals surface area contributed by atoms with Gasteiger partial charge in [-0.1, -0.05) is 38.8 Å². The van der Waals surface area contributed by atoms with Gasteiger partial charge in [-0.3, -0.25) is 19.4 Å². The van der Waals surface area contributed by atoms with E-state index in [9.17, 15) is 14.4 Å². The molecule has 0 aliphatic carbocycles. The van der Waals surface area contributed by atoms with Gasteiger partial charge in [-0.15, -0.1) is 0 Å². The monoisotopic (exact) mass is 499 g/mol. The van der Waals surface area contributed by atoms with Crippen molar-refractivity contribution in [3.8, 4) is 5.75 Å². The van der Waals surface area contributed by atoms with Crippen LogP contribution in [0.1, 0.15) is 82.3 Å². The average molecular weight is 500 g/mol. The molecule has 2 amide bonds. The van der Waals surface area contributed by atoms with Crippen LogP contribution in [0, 0.1) is 0 Å². The van der Waals surface area contributed by atoms with Gasteiger partial charge in [-0.2, -0.15) is 0 Å². The quantitative estimate of drug-likeness (QED) is 0.319. The van der Waals surface area contributed by atoms with Crippen molar-refractivity contribution in [3.05, 3.63) is 29.3 Å². The van der Waals surface area contributed by atoms with Crippen molar-refractivity contribution in [1.29, 1.82) is 0 Å². The second kappa shape index (κ2) is 14.5. The van der Waals surface area contributed by atoms with Gasteiger partial charge in [0.25, 0.3) is 0 Å². The zero-order valence-electron chi connectivity index (χ0n) is 22.5. The topological polar surface area (TPSA) is 70.2 Å². The first kappa shape index (κ1) is 28.3. The van der Waals surface area contributed by atoms with Crippen LogP contribution in [0.3, 0.4) is 0 Å². The first-order chi connectivity index (χ1) is 17.5. The van der Waals surface area contributed by atoms with Gasteiger partial charge in [-0.25, -0.2) is 0 Å². The van der Waals surface area contributed by atoms with Crippen LogP contribution in [-0.4, -0.2) is 85.2 Å². The summed E-state index contributed by atoms with van der Waals surface area (Å²) in [7, 11) is 2.21. The summed E-state index contributed by atoms with van der Waals surface area (Å²) in [5.74, 6) is 1.23. The van der Waals surface area contributed by atoms with Crippen LogP contribution < -0.4 is 4.74 Å². The third-order valence-corrected chi connectivity index (χ3v) is 7.65. The fraction of sp³-hybridized carbons (Fsp3) is 0.690. The van der Waals surface area contributed by atoms with E-state index in [2.05, 4.69) is 48.9 Å². The molecular weight excluding hydrogens is 454 g/mol. The van der Waals surface area contributed by atoms with E-state index in [1.54, 1.807) is 0 Å². The first-order valence-corrected chi connectivity index (χ1v) is 13.9. The molecule has 36 heavy (non-hydrogen) atoms. The van der Waals surface area contributed by atoms with Crippen LogP contribution >= 0.6 is 0 Å². The van der Waals surface area contributed by atoms with E-state index in [4.69, 9.17) is 4.74 Å². The number of ether oxygens (including phenoxy) is 1. The lowest BCUT2D eigenvalue weighted by atomic mass is 9.93. The van der Waals surface area contributed by atoms with Crippen LogP contribution in [0.5, 0.6) is 5.75 Å². The van der Waals surface area contributed by atoms with Crippen molar-refractivity contribution >= 4 is 18.1 Å². The summed E-state index contributed by atoms with van der Waals surface area (Å²) in [6, 6.07) is 6.64. The largest absolute Gasteiger partial charge is 0.493 e.